The molecule has 2 atom stereocenters. The maximum Gasteiger partial charge on any atom is 0.125 e. The van der Waals surface area contributed by atoms with Crippen LogP contribution in [0, 0.1) is 0 Å². The first-order chi connectivity index (χ1) is 7.22. The van der Waals surface area contributed by atoms with Crippen LogP contribution in [-0.4, -0.2) is 33.2 Å². The molecule has 0 amide bonds. The minimum Gasteiger partial charge on any atom is -0.507 e. The summed E-state index contributed by atoms with van der Waals surface area (Å²) in [5, 5.41) is 19.8. The summed E-state index contributed by atoms with van der Waals surface area (Å²) >= 11 is 1.60. The zero-order valence-corrected chi connectivity index (χ0v) is 9.24. The number of hydrogen-bond donors (Lipinski definition) is 2. The molecule has 3 nitrogen and oxygen atoms in total. The molecule has 0 aromatic heterocycles. The number of para-hydroxylation sites is 1. The van der Waals surface area contributed by atoms with Gasteiger partial charge in [0.1, 0.15) is 10.8 Å². The molecule has 0 bridgehead atoms. The predicted octanol–water partition coefficient (Wildman–Crippen LogP) is 1.64. The van der Waals surface area contributed by atoms with E-state index < -0.39 is 0 Å². The van der Waals surface area contributed by atoms with E-state index in [1.54, 1.807) is 23.9 Å². The van der Waals surface area contributed by atoms with Crippen molar-refractivity contribution in [1.82, 2.24) is 0 Å². The number of aromatic hydroxyl groups is 1. The molecule has 1 aromatic carbocycles. The monoisotopic (exact) mass is 223 g/mol. The van der Waals surface area contributed by atoms with E-state index in [1.807, 2.05) is 19.1 Å². The molecular formula is C11H13NO2S. The molecule has 1 aliphatic heterocycles. The predicted molar refractivity (Wildman–Crippen MR) is 62.6 cm³/mol. The van der Waals surface area contributed by atoms with Crippen molar-refractivity contribution in [2.45, 2.75) is 18.2 Å². The molecule has 2 N–H and O–H groups in total. The van der Waals surface area contributed by atoms with Crippen molar-refractivity contribution in [2.75, 3.05) is 6.61 Å². The Kier molecular flexibility index (Phi) is 2.98. The Hall–Kier alpha value is -1.00. The fraction of sp³-hybridized carbons (Fsp3) is 0.364. The minimum absolute atomic E-state index is 0.0513. The van der Waals surface area contributed by atoms with Gasteiger partial charge in [0.25, 0.3) is 0 Å². The number of hydrogen-bond acceptors (Lipinski definition) is 4. The number of aliphatic hydroxyl groups is 1. The van der Waals surface area contributed by atoms with Crippen LogP contribution in [0.5, 0.6) is 5.75 Å². The topological polar surface area (TPSA) is 52.8 Å². The van der Waals surface area contributed by atoms with Crippen molar-refractivity contribution in [1.29, 1.82) is 0 Å². The maximum absolute atomic E-state index is 9.66. The lowest BCUT2D eigenvalue weighted by Gasteiger charge is -2.06. The van der Waals surface area contributed by atoms with Crippen LogP contribution in [0.1, 0.15) is 12.5 Å². The molecule has 15 heavy (non-hydrogen) atoms. The van der Waals surface area contributed by atoms with E-state index in [-0.39, 0.29) is 23.6 Å². The van der Waals surface area contributed by atoms with Gasteiger partial charge >= 0.3 is 0 Å². The van der Waals surface area contributed by atoms with Crippen molar-refractivity contribution in [3.8, 4) is 5.75 Å². The van der Waals surface area contributed by atoms with Gasteiger partial charge in [0.05, 0.1) is 12.6 Å². The Bertz CT molecular complexity index is 392. The lowest BCUT2D eigenvalue weighted by molar-refractivity contribution is 0.268. The van der Waals surface area contributed by atoms with Crippen LogP contribution in [-0.2, 0) is 0 Å². The lowest BCUT2D eigenvalue weighted by Crippen LogP contribution is -2.17. The second kappa shape index (κ2) is 4.24. The summed E-state index contributed by atoms with van der Waals surface area (Å²) < 4.78 is 0. The van der Waals surface area contributed by atoms with Crippen LogP contribution >= 0.6 is 11.8 Å². The zero-order valence-electron chi connectivity index (χ0n) is 8.42. The van der Waals surface area contributed by atoms with Crippen molar-refractivity contribution in [3.05, 3.63) is 29.8 Å². The molecular weight excluding hydrogens is 210 g/mol. The number of phenolic OH excluding ortho intramolecular Hbond substituents is 1. The molecule has 1 aromatic rings. The molecule has 0 aliphatic carbocycles. The van der Waals surface area contributed by atoms with Crippen LogP contribution in [0.4, 0.5) is 0 Å². The first-order valence-electron chi connectivity index (χ1n) is 4.86. The van der Waals surface area contributed by atoms with Crippen molar-refractivity contribution < 1.29 is 10.2 Å². The van der Waals surface area contributed by atoms with Gasteiger partial charge in [-0.15, -0.1) is 11.8 Å². The van der Waals surface area contributed by atoms with Crippen molar-refractivity contribution in [2.24, 2.45) is 4.99 Å². The fourth-order valence-corrected chi connectivity index (χ4v) is 2.67. The van der Waals surface area contributed by atoms with Crippen LogP contribution in [0.15, 0.2) is 29.3 Å². The smallest absolute Gasteiger partial charge is 0.125 e. The third kappa shape index (κ3) is 2.01. The van der Waals surface area contributed by atoms with Gasteiger partial charge in [-0.2, -0.15) is 0 Å². The summed E-state index contributed by atoms with van der Waals surface area (Å²) in [7, 11) is 0. The first-order valence-corrected chi connectivity index (χ1v) is 5.74. The van der Waals surface area contributed by atoms with E-state index in [1.165, 1.54) is 0 Å². The van der Waals surface area contributed by atoms with Crippen LogP contribution in [0.3, 0.4) is 0 Å². The Morgan fingerprint density at radius 1 is 1.40 bits per heavy atom. The molecule has 0 unspecified atom stereocenters. The second-order valence-electron chi connectivity index (χ2n) is 3.52. The number of benzene rings is 1. The fourth-order valence-electron chi connectivity index (χ4n) is 1.52. The summed E-state index contributed by atoms with van der Waals surface area (Å²) in [4.78, 5) is 4.39. The Morgan fingerprint density at radius 2 is 2.13 bits per heavy atom. The molecule has 0 radical (unpaired) electrons. The van der Waals surface area contributed by atoms with E-state index in [0.717, 1.165) is 10.6 Å². The highest BCUT2D eigenvalue weighted by Crippen LogP contribution is 2.32. The van der Waals surface area contributed by atoms with E-state index >= 15 is 0 Å². The van der Waals surface area contributed by atoms with Crippen molar-refractivity contribution in [3.63, 3.8) is 0 Å². The molecule has 1 aliphatic rings. The SMILES string of the molecule is C[C@H]1SC(c2ccccc2O)=N[C@@H]1CO. The number of phenols is 1. The quantitative estimate of drug-likeness (QED) is 0.801. The zero-order chi connectivity index (χ0) is 10.8. The van der Waals surface area contributed by atoms with Gasteiger partial charge < -0.3 is 10.2 Å². The van der Waals surface area contributed by atoms with E-state index in [0.29, 0.717) is 0 Å². The average Bonchev–Trinajstić information content (AvgIpc) is 2.60. The number of aliphatic imine (C=N–C) groups is 1. The highest BCUT2D eigenvalue weighted by Gasteiger charge is 2.27. The number of aliphatic hydroxyl groups excluding tert-OH is 1. The van der Waals surface area contributed by atoms with Gasteiger partial charge in [-0.25, -0.2) is 0 Å². The third-order valence-corrected chi connectivity index (χ3v) is 3.68. The summed E-state index contributed by atoms with van der Waals surface area (Å²) in [6.07, 6.45) is 0. The first kappa shape index (κ1) is 10.5. The van der Waals surface area contributed by atoms with Gasteiger partial charge in [0.15, 0.2) is 0 Å². The van der Waals surface area contributed by atoms with Crippen LogP contribution in [0.25, 0.3) is 0 Å². The summed E-state index contributed by atoms with van der Waals surface area (Å²) in [5.74, 6) is 0.245. The second-order valence-corrected chi connectivity index (χ2v) is 4.89. The van der Waals surface area contributed by atoms with Gasteiger partial charge in [-0.05, 0) is 12.1 Å². The number of nitrogens with zero attached hydrogens (tertiary/aromatic N) is 1. The molecule has 4 heteroatoms. The molecule has 0 saturated heterocycles. The molecule has 0 fully saturated rings. The molecule has 80 valence electrons. The maximum atomic E-state index is 9.66. The third-order valence-electron chi connectivity index (χ3n) is 2.44. The Morgan fingerprint density at radius 3 is 2.73 bits per heavy atom. The molecule has 0 spiro atoms. The number of thioether (sulfide) groups is 1. The van der Waals surface area contributed by atoms with Gasteiger partial charge in [0, 0.05) is 10.8 Å². The number of rotatable bonds is 2. The average molecular weight is 223 g/mol. The summed E-state index contributed by atoms with van der Waals surface area (Å²) in [6.45, 7) is 2.09. The van der Waals surface area contributed by atoms with Crippen LogP contribution < -0.4 is 0 Å². The highest BCUT2D eigenvalue weighted by atomic mass is 32.2. The summed E-state index contributed by atoms with van der Waals surface area (Å²) in [5.41, 5.74) is 0.755. The van der Waals surface area contributed by atoms with E-state index in [9.17, 15) is 5.11 Å². The van der Waals surface area contributed by atoms with E-state index in [4.69, 9.17) is 5.11 Å². The standard InChI is InChI=1S/C11H13NO2S/c1-7-9(6-13)12-11(15-7)8-4-2-3-5-10(8)14/h2-5,7,9,13-14H,6H2,1H3/t7-,9-/m1/s1. The minimum atomic E-state index is -0.0513. The normalized spacial score (nSPS) is 25.3. The summed E-state index contributed by atoms with van der Waals surface area (Å²) in [6, 6.07) is 7.09. The molecule has 1 heterocycles. The Labute approximate surface area is 92.9 Å². The van der Waals surface area contributed by atoms with Crippen LogP contribution in [0.2, 0.25) is 0 Å². The highest BCUT2D eigenvalue weighted by molar-refractivity contribution is 8.15. The van der Waals surface area contributed by atoms with E-state index in [2.05, 4.69) is 4.99 Å². The lowest BCUT2D eigenvalue weighted by atomic mass is 10.2. The molecule has 0 saturated carbocycles. The van der Waals surface area contributed by atoms with Gasteiger partial charge in [-0.1, -0.05) is 19.1 Å². The molecule has 2 rings (SSSR count). The van der Waals surface area contributed by atoms with Gasteiger partial charge in [-0.3, -0.25) is 4.99 Å². The Balaban J connectivity index is 2.30. The largest absolute Gasteiger partial charge is 0.507 e. The van der Waals surface area contributed by atoms with Crippen molar-refractivity contribution >= 4 is 16.8 Å². The van der Waals surface area contributed by atoms with Gasteiger partial charge in [0.2, 0.25) is 0 Å².